The van der Waals surface area contributed by atoms with E-state index in [4.69, 9.17) is 23.2 Å². The smallest absolute Gasteiger partial charge is 0.179 e. The van der Waals surface area contributed by atoms with Gasteiger partial charge < -0.3 is 0 Å². The lowest BCUT2D eigenvalue weighted by Crippen LogP contribution is -2.07. The first-order chi connectivity index (χ1) is 12.0. The molecule has 126 valence electrons. The molecular formula is C18H12Cl2N2O2S. The van der Waals surface area contributed by atoms with Crippen molar-refractivity contribution in [3.05, 3.63) is 64.3 Å². The van der Waals surface area contributed by atoms with Gasteiger partial charge in [0.1, 0.15) is 5.15 Å². The molecule has 0 radical (unpaired) electrons. The van der Waals surface area contributed by atoms with Crippen molar-refractivity contribution < 1.29 is 8.42 Å². The fraction of sp³-hybridized carbons (Fsp3) is 0.111. The third-order valence-electron chi connectivity index (χ3n) is 4.16. The van der Waals surface area contributed by atoms with Crippen LogP contribution in [-0.2, 0) is 16.3 Å². The molecule has 2 heterocycles. The van der Waals surface area contributed by atoms with E-state index in [1.54, 1.807) is 48.5 Å². The maximum Gasteiger partial charge on any atom is 0.179 e. The van der Waals surface area contributed by atoms with E-state index in [9.17, 15) is 8.42 Å². The monoisotopic (exact) mass is 390 g/mol. The lowest BCUT2D eigenvalue weighted by atomic mass is 10.0. The van der Waals surface area contributed by atoms with Crippen LogP contribution >= 0.6 is 23.2 Å². The van der Waals surface area contributed by atoms with Crippen LogP contribution < -0.4 is 0 Å². The van der Waals surface area contributed by atoms with E-state index in [-0.39, 0.29) is 22.2 Å². The first-order valence-corrected chi connectivity index (χ1v) is 10.0. The summed E-state index contributed by atoms with van der Waals surface area (Å²) in [6.07, 6.45) is 0.284. The third-order valence-corrected chi connectivity index (χ3v) is 6.49. The lowest BCUT2D eigenvalue weighted by molar-refractivity contribution is 0.596. The van der Waals surface area contributed by atoms with Crippen molar-refractivity contribution >= 4 is 33.0 Å². The highest BCUT2D eigenvalue weighted by Gasteiger charge is 2.28. The van der Waals surface area contributed by atoms with Crippen molar-refractivity contribution in [1.82, 2.24) is 9.97 Å². The summed E-state index contributed by atoms with van der Waals surface area (Å²) in [6, 6.07) is 14.0. The largest absolute Gasteiger partial charge is 0.228 e. The predicted octanol–water partition coefficient (Wildman–Crippen LogP) is 4.45. The van der Waals surface area contributed by atoms with Crippen molar-refractivity contribution in [1.29, 1.82) is 0 Å². The molecule has 4 nitrogen and oxygen atoms in total. The van der Waals surface area contributed by atoms with Crippen LogP contribution in [0.5, 0.6) is 0 Å². The average Bonchev–Trinajstić information content (AvgIpc) is 2.71. The molecule has 0 atom stereocenters. The van der Waals surface area contributed by atoms with Crippen LogP contribution in [0.1, 0.15) is 5.56 Å². The third kappa shape index (κ3) is 2.92. The number of nitrogens with zero attached hydrogens (tertiary/aromatic N) is 2. The zero-order valence-electron chi connectivity index (χ0n) is 12.9. The van der Waals surface area contributed by atoms with Crippen molar-refractivity contribution in [2.24, 2.45) is 0 Å². The van der Waals surface area contributed by atoms with E-state index in [0.717, 1.165) is 5.56 Å². The van der Waals surface area contributed by atoms with Crippen LogP contribution in [0.25, 0.3) is 22.6 Å². The zero-order chi connectivity index (χ0) is 17.6. The van der Waals surface area contributed by atoms with Crippen LogP contribution in [0.15, 0.2) is 53.4 Å². The molecule has 4 rings (SSSR count). The van der Waals surface area contributed by atoms with Crippen LogP contribution in [0.3, 0.4) is 0 Å². The van der Waals surface area contributed by atoms with Crippen molar-refractivity contribution in [2.45, 2.75) is 11.3 Å². The van der Waals surface area contributed by atoms with Crippen molar-refractivity contribution in [3.63, 3.8) is 0 Å². The fourth-order valence-corrected chi connectivity index (χ4v) is 4.78. The summed E-state index contributed by atoms with van der Waals surface area (Å²) in [5, 5.41) is 0.892. The molecule has 1 aromatic heterocycles. The number of benzene rings is 2. The topological polar surface area (TPSA) is 59.9 Å². The molecule has 3 aromatic rings. The highest BCUT2D eigenvalue weighted by Crippen LogP contribution is 2.37. The normalized spacial score (nSPS) is 15.1. The van der Waals surface area contributed by atoms with E-state index >= 15 is 0 Å². The standard InChI is InChI=1S/C18H12Cl2N2O2S/c19-12-7-5-11(6-8-12)18-21-16-13-3-1-2-4-15(13)25(23,24)10-9-14(16)17(20)22-18/h1-8H,9-10H2. The van der Waals surface area contributed by atoms with Gasteiger partial charge in [-0.05, 0) is 36.8 Å². The Labute approximate surface area is 155 Å². The Morgan fingerprint density at radius 3 is 2.40 bits per heavy atom. The Bertz CT molecular complexity index is 1080. The van der Waals surface area contributed by atoms with Gasteiger partial charge in [-0.2, -0.15) is 0 Å². The second-order valence-corrected chi connectivity index (χ2v) is 8.61. The van der Waals surface area contributed by atoms with E-state index in [1.807, 2.05) is 0 Å². The van der Waals surface area contributed by atoms with Crippen LogP contribution in [0, 0.1) is 0 Å². The molecule has 0 saturated heterocycles. The Morgan fingerprint density at radius 2 is 1.64 bits per heavy atom. The number of hydrogen-bond acceptors (Lipinski definition) is 4. The van der Waals surface area contributed by atoms with Gasteiger partial charge in [-0.3, -0.25) is 0 Å². The average molecular weight is 391 g/mol. The summed E-state index contributed by atoms with van der Waals surface area (Å²) < 4.78 is 25.1. The van der Waals surface area contributed by atoms with Crippen LogP contribution in [0.4, 0.5) is 0 Å². The quantitative estimate of drug-likeness (QED) is 0.575. The lowest BCUT2D eigenvalue weighted by Gasteiger charge is -2.11. The van der Waals surface area contributed by atoms with Gasteiger partial charge in [-0.1, -0.05) is 41.4 Å². The van der Waals surface area contributed by atoms with E-state index in [0.29, 0.717) is 27.7 Å². The summed E-state index contributed by atoms with van der Waals surface area (Å²) in [5.41, 5.74) is 2.56. The molecule has 25 heavy (non-hydrogen) atoms. The highest BCUT2D eigenvalue weighted by molar-refractivity contribution is 7.91. The summed E-state index contributed by atoms with van der Waals surface area (Å²) in [6.45, 7) is 0. The first-order valence-electron chi connectivity index (χ1n) is 7.60. The fourth-order valence-electron chi connectivity index (χ4n) is 2.91. The maximum absolute atomic E-state index is 12.6. The van der Waals surface area contributed by atoms with Gasteiger partial charge in [0.2, 0.25) is 0 Å². The number of hydrogen-bond donors (Lipinski definition) is 0. The summed E-state index contributed by atoms with van der Waals surface area (Å²) in [7, 11) is -3.39. The molecule has 0 spiro atoms. The molecule has 0 saturated carbocycles. The predicted molar refractivity (Wildman–Crippen MR) is 98.7 cm³/mol. The summed E-state index contributed by atoms with van der Waals surface area (Å²) in [5.74, 6) is 0.426. The molecule has 7 heteroatoms. The van der Waals surface area contributed by atoms with Crippen molar-refractivity contribution in [3.8, 4) is 22.6 Å². The minimum atomic E-state index is -3.39. The molecular weight excluding hydrogens is 379 g/mol. The van der Waals surface area contributed by atoms with Gasteiger partial charge in [-0.25, -0.2) is 18.4 Å². The van der Waals surface area contributed by atoms with E-state index < -0.39 is 9.84 Å². The number of aromatic nitrogens is 2. The Balaban J connectivity index is 1.99. The number of fused-ring (bicyclic) bond motifs is 3. The Hall–Kier alpha value is -1.95. The Morgan fingerprint density at radius 1 is 0.920 bits per heavy atom. The molecule has 0 fully saturated rings. The second kappa shape index (κ2) is 6.09. The van der Waals surface area contributed by atoms with Gasteiger partial charge in [0, 0.05) is 21.7 Å². The summed E-state index contributed by atoms with van der Waals surface area (Å²) >= 11 is 12.3. The highest BCUT2D eigenvalue weighted by atomic mass is 35.5. The minimum Gasteiger partial charge on any atom is -0.228 e. The van der Waals surface area contributed by atoms with Gasteiger partial charge >= 0.3 is 0 Å². The van der Waals surface area contributed by atoms with Gasteiger partial charge in [0.15, 0.2) is 15.7 Å². The van der Waals surface area contributed by atoms with Gasteiger partial charge in [0.05, 0.1) is 16.3 Å². The molecule has 0 amide bonds. The van der Waals surface area contributed by atoms with Crippen LogP contribution in [0.2, 0.25) is 10.2 Å². The Kier molecular flexibility index (Phi) is 4.02. The number of sulfone groups is 1. The van der Waals surface area contributed by atoms with Gasteiger partial charge in [0.25, 0.3) is 0 Å². The maximum atomic E-state index is 12.6. The van der Waals surface area contributed by atoms with Crippen LogP contribution in [-0.4, -0.2) is 24.1 Å². The SMILES string of the molecule is O=S1(=O)CCc2c(Cl)nc(-c3ccc(Cl)cc3)nc2-c2ccccc21. The molecule has 1 aliphatic rings. The number of rotatable bonds is 1. The molecule has 0 unspecified atom stereocenters. The van der Waals surface area contributed by atoms with E-state index in [1.165, 1.54) is 0 Å². The molecule has 0 bridgehead atoms. The molecule has 1 aliphatic heterocycles. The molecule has 2 aromatic carbocycles. The minimum absolute atomic E-state index is 0.0135. The van der Waals surface area contributed by atoms with Gasteiger partial charge in [-0.15, -0.1) is 0 Å². The first kappa shape index (κ1) is 16.5. The zero-order valence-corrected chi connectivity index (χ0v) is 15.2. The molecule has 0 N–H and O–H groups in total. The molecule has 0 aliphatic carbocycles. The summed E-state index contributed by atoms with van der Waals surface area (Å²) in [4.78, 5) is 9.29. The van der Waals surface area contributed by atoms with Crippen molar-refractivity contribution in [2.75, 3.05) is 5.75 Å². The second-order valence-electron chi connectivity index (χ2n) is 5.74. The number of halogens is 2. The van der Waals surface area contributed by atoms with E-state index in [2.05, 4.69) is 9.97 Å².